The van der Waals surface area contributed by atoms with Crippen LogP contribution in [0.2, 0.25) is 0 Å². The number of hydrogen-bond donors (Lipinski definition) is 1. The molecular weight excluding hydrogens is 390 g/mol. The van der Waals surface area contributed by atoms with Crippen LogP contribution in [0.15, 0.2) is 53.3 Å². The first-order chi connectivity index (χ1) is 14.9. The largest absolute Gasteiger partial charge is 0.345 e. The minimum atomic E-state index is -0.512. The maximum Gasteiger partial charge on any atom is 0.345 e. The SMILES string of the molecule is CC(C)Cc1cc(C(=O)N2CCC[C@H](C(=O)c3cccc4ccccc34)C2)nc(=O)[nH]1. The number of rotatable bonds is 5. The normalized spacial score (nSPS) is 16.6. The van der Waals surface area contributed by atoms with Crippen molar-refractivity contribution < 1.29 is 9.59 Å². The van der Waals surface area contributed by atoms with Crippen molar-refractivity contribution in [3.63, 3.8) is 0 Å². The van der Waals surface area contributed by atoms with Gasteiger partial charge in [-0.2, -0.15) is 4.98 Å². The number of ketones is 1. The highest BCUT2D eigenvalue weighted by molar-refractivity contribution is 6.09. The third kappa shape index (κ3) is 4.58. The molecule has 6 nitrogen and oxygen atoms in total. The Morgan fingerprint density at radius 2 is 1.94 bits per heavy atom. The zero-order valence-electron chi connectivity index (χ0n) is 17.9. The first kappa shape index (κ1) is 21.0. The summed E-state index contributed by atoms with van der Waals surface area (Å²) in [4.78, 5) is 46.7. The Labute approximate surface area is 181 Å². The second kappa shape index (κ2) is 8.84. The highest BCUT2D eigenvalue weighted by Gasteiger charge is 2.31. The Balaban J connectivity index is 1.56. The van der Waals surface area contributed by atoms with Crippen LogP contribution in [0.5, 0.6) is 0 Å². The Kier molecular flexibility index (Phi) is 5.98. The van der Waals surface area contributed by atoms with Gasteiger partial charge in [0.2, 0.25) is 0 Å². The fraction of sp³-hybridized carbons (Fsp3) is 0.360. The molecule has 1 atom stereocenters. The molecule has 1 aromatic heterocycles. The number of fused-ring (bicyclic) bond motifs is 1. The van der Waals surface area contributed by atoms with Crippen molar-refractivity contribution >= 4 is 22.5 Å². The van der Waals surface area contributed by atoms with E-state index < -0.39 is 5.69 Å². The van der Waals surface area contributed by atoms with Gasteiger partial charge in [0.05, 0.1) is 0 Å². The topological polar surface area (TPSA) is 83.1 Å². The third-order valence-corrected chi connectivity index (χ3v) is 5.78. The molecule has 1 fully saturated rings. The highest BCUT2D eigenvalue weighted by atomic mass is 16.2. The molecule has 1 aliphatic rings. The van der Waals surface area contributed by atoms with Gasteiger partial charge in [0.1, 0.15) is 5.69 Å². The number of hydrogen-bond acceptors (Lipinski definition) is 4. The molecule has 4 rings (SSSR count). The minimum absolute atomic E-state index is 0.0636. The van der Waals surface area contributed by atoms with E-state index in [1.165, 1.54) is 0 Å². The Hall–Kier alpha value is -3.28. The molecule has 2 aromatic carbocycles. The zero-order chi connectivity index (χ0) is 22.0. The van der Waals surface area contributed by atoms with Crippen LogP contribution in [0.25, 0.3) is 10.8 Å². The molecule has 1 saturated heterocycles. The molecule has 0 saturated carbocycles. The molecule has 31 heavy (non-hydrogen) atoms. The van der Waals surface area contributed by atoms with Gasteiger partial charge >= 0.3 is 5.69 Å². The zero-order valence-corrected chi connectivity index (χ0v) is 17.9. The van der Waals surface area contributed by atoms with E-state index in [1.807, 2.05) is 56.3 Å². The van der Waals surface area contributed by atoms with Gasteiger partial charge < -0.3 is 9.88 Å². The molecule has 3 aromatic rings. The molecule has 1 aliphatic heterocycles. The standard InChI is InChI=1S/C25H27N3O3/c1-16(2)13-19-14-22(27-25(31)26-19)24(30)28-12-6-9-18(15-28)23(29)21-11-5-8-17-7-3-4-10-20(17)21/h3-5,7-8,10-11,14,16,18H,6,9,12-13,15H2,1-2H3,(H,26,27,31)/t18-/m0/s1. The van der Waals surface area contributed by atoms with Gasteiger partial charge in [0, 0.05) is 30.3 Å². The smallest absolute Gasteiger partial charge is 0.337 e. The van der Waals surface area contributed by atoms with E-state index in [4.69, 9.17) is 0 Å². The summed E-state index contributed by atoms with van der Waals surface area (Å²) in [6, 6.07) is 15.3. The molecule has 0 bridgehead atoms. The fourth-order valence-corrected chi connectivity index (χ4v) is 4.37. The number of amides is 1. The Morgan fingerprint density at radius 3 is 2.74 bits per heavy atom. The maximum absolute atomic E-state index is 13.3. The summed E-state index contributed by atoms with van der Waals surface area (Å²) in [5, 5.41) is 1.97. The van der Waals surface area contributed by atoms with Gasteiger partial charge in [-0.25, -0.2) is 4.79 Å². The Morgan fingerprint density at radius 1 is 1.16 bits per heavy atom. The van der Waals surface area contributed by atoms with Gasteiger partial charge in [0.25, 0.3) is 5.91 Å². The van der Waals surface area contributed by atoms with E-state index in [9.17, 15) is 14.4 Å². The first-order valence-electron chi connectivity index (χ1n) is 10.8. The lowest BCUT2D eigenvalue weighted by atomic mass is 9.88. The molecular formula is C25H27N3O3. The quantitative estimate of drug-likeness (QED) is 0.639. The number of nitrogens with one attached hydrogen (secondary N) is 1. The molecule has 160 valence electrons. The number of benzene rings is 2. The molecule has 0 radical (unpaired) electrons. The van der Waals surface area contributed by atoms with Crippen LogP contribution < -0.4 is 5.69 Å². The number of Topliss-reactive ketones (excluding diaryl/α,β-unsaturated/α-hetero) is 1. The van der Waals surface area contributed by atoms with Gasteiger partial charge in [-0.1, -0.05) is 56.3 Å². The van der Waals surface area contributed by atoms with Crippen molar-refractivity contribution in [1.82, 2.24) is 14.9 Å². The van der Waals surface area contributed by atoms with Crippen LogP contribution in [0.1, 0.15) is 53.2 Å². The van der Waals surface area contributed by atoms with E-state index in [-0.39, 0.29) is 23.3 Å². The van der Waals surface area contributed by atoms with Crippen LogP contribution >= 0.6 is 0 Å². The van der Waals surface area contributed by atoms with Crippen LogP contribution in [-0.2, 0) is 6.42 Å². The van der Waals surface area contributed by atoms with Crippen molar-refractivity contribution in [2.24, 2.45) is 11.8 Å². The van der Waals surface area contributed by atoms with Crippen molar-refractivity contribution in [2.75, 3.05) is 13.1 Å². The molecule has 0 spiro atoms. The number of H-pyrrole nitrogens is 1. The predicted molar refractivity (Wildman–Crippen MR) is 120 cm³/mol. The molecule has 2 heterocycles. The lowest BCUT2D eigenvalue weighted by molar-refractivity contribution is 0.0632. The molecule has 0 aliphatic carbocycles. The fourth-order valence-electron chi connectivity index (χ4n) is 4.37. The summed E-state index contributed by atoms with van der Waals surface area (Å²) in [7, 11) is 0. The summed E-state index contributed by atoms with van der Waals surface area (Å²) >= 11 is 0. The van der Waals surface area contributed by atoms with Crippen molar-refractivity contribution in [3.8, 4) is 0 Å². The lowest BCUT2D eigenvalue weighted by Crippen LogP contribution is -2.43. The molecule has 6 heteroatoms. The van der Waals surface area contributed by atoms with Gasteiger partial charge in [-0.15, -0.1) is 0 Å². The van der Waals surface area contributed by atoms with E-state index in [0.29, 0.717) is 36.7 Å². The van der Waals surface area contributed by atoms with E-state index in [0.717, 1.165) is 23.6 Å². The second-order valence-electron chi connectivity index (χ2n) is 8.68. The second-order valence-corrected chi connectivity index (χ2v) is 8.68. The summed E-state index contributed by atoms with van der Waals surface area (Å²) in [5.74, 6) is -0.139. The number of nitrogens with zero attached hydrogens (tertiary/aromatic N) is 2. The van der Waals surface area contributed by atoms with Crippen molar-refractivity contribution in [3.05, 3.63) is 76.0 Å². The lowest BCUT2D eigenvalue weighted by Gasteiger charge is -2.32. The predicted octanol–water partition coefficient (Wildman–Crippen LogP) is 3.86. The van der Waals surface area contributed by atoms with Crippen LogP contribution in [0, 0.1) is 11.8 Å². The number of piperidine rings is 1. The minimum Gasteiger partial charge on any atom is -0.337 e. The summed E-state index contributed by atoms with van der Waals surface area (Å²) in [5.41, 5.74) is 1.05. The maximum atomic E-state index is 13.3. The number of carbonyl (C=O) groups is 2. The number of carbonyl (C=O) groups excluding carboxylic acids is 2. The van der Waals surface area contributed by atoms with Gasteiger partial charge in [-0.05, 0) is 42.0 Å². The van der Waals surface area contributed by atoms with Gasteiger partial charge in [0.15, 0.2) is 5.78 Å². The number of aromatic nitrogens is 2. The molecule has 1 amide bonds. The van der Waals surface area contributed by atoms with E-state index in [2.05, 4.69) is 9.97 Å². The monoisotopic (exact) mass is 417 g/mol. The van der Waals surface area contributed by atoms with Crippen LogP contribution in [-0.4, -0.2) is 39.6 Å². The molecule has 1 N–H and O–H groups in total. The van der Waals surface area contributed by atoms with Crippen LogP contribution in [0.4, 0.5) is 0 Å². The van der Waals surface area contributed by atoms with E-state index in [1.54, 1.807) is 11.0 Å². The van der Waals surface area contributed by atoms with Crippen molar-refractivity contribution in [1.29, 1.82) is 0 Å². The number of likely N-dealkylation sites (tertiary alicyclic amines) is 1. The van der Waals surface area contributed by atoms with Gasteiger partial charge in [-0.3, -0.25) is 9.59 Å². The average molecular weight is 418 g/mol. The van der Waals surface area contributed by atoms with Crippen molar-refractivity contribution in [2.45, 2.75) is 33.1 Å². The average Bonchev–Trinajstić information content (AvgIpc) is 2.77. The number of aromatic amines is 1. The third-order valence-electron chi connectivity index (χ3n) is 5.78. The van der Waals surface area contributed by atoms with Crippen LogP contribution in [0.3, 0.4) is 0 Å². The van der Waals surface area contributed by atoms with E-state index >= 15 is 0 Å². The molecule has 0 unspecified atom stereocenters. The summed E-state index contributed by atoms with van der Waals surface area (Å²) < 4.78 is 0. The first-order valence-corrected chi connectivity index (χ1v) is 10.8. The highest BCUT2D eigenvalue weighted by Crippen LogP contribution is 2.26. The summed E-state index contributed by atoms with van der Waals surface area (Å²) in [6.45, 7) is 5.00. The Bertz CT molecular complexity index is 1180. The summed E-state index contributed by atoms with van der Waals surface area (Å²) in [6.07, 6.45) is 2.16.